The van der Waals surface area contributed by atoms with Crippen molar-refractivity contribution in [2.24, 2.45) is 0 Å². The number of likely N-dealkylation sites (N-methyl/N-ethyl adjacent to an activating group) is 1. The molecule has 116 valence electrons. The molecule has 0 atom stereocenters. The molecule has 1 aromatic heterocycles. The number of nitrogens with one attached hydrogen (secondary N) is 1. The van der Waals surface area contributed by atoms with Gasteiger partial charge in [-0.05, 0) is 42.6 Å². The van der Waals surface area contributed by atoms with E-state index in [1.165, 1.54) is 18.0 Å². The van der Waals surface area contributed by atoms with Gasteiger partial charge in [0.05, 0.1) is 0 Å². The summed E-state index contributed by atoms with van der Waals surface area (Å²) < 4.78 is 6.64. The summed E-state index contributed by atoms with van der Waals surface area (Å²) in [4.78, 5) is 25.3. The van der Waals surface area contributed by atoms with Crippen LogP contribution in [0.3, 0.4) is 0 Å². The first-order valence-corrected chi connectivity index (χ1v) is 7.86. The van der Waals surface area contributed by atoms with Gasteiger partial charge in [-0.3, -0.25) is 19.8 Å². The van der Waals surface area contributed by atoms with E-state index >= 15 is 0 Å². The minimum absolute atomic E-state index is 0.0174. The van der Waals surface area contributed by atoms with E-state index < -0.39 is 11.8 Å². The van der Waals surface area contributed by atoms with E-state index in [0.717, 1.165) is 10.0 Å². The summed E-state index contributed by atoms with van der Waals surface area (Å²) in [5.74, 6) is 0.0723. The Morgan fingerprint density at radius 1 is 1.26 bits per heavy atom. The Kier molecular flexibility index (Phi) is 4.14. The maximum atomic E-state index is 12.1. The molecule has 1 saturated heterocycles. The minimum atomic E-state index is -0.529. The zero-order valence-corrected chi connectivity index (χ0v) is 14.4. The summed E-state index contributed by atoms with van der Waals surface area (Å²) >= 11 is 8.30. The van der Waals surface area contributed by atoms with Gasteiger partial charge >= 0.3 is 0 Å². The minimum Gasteiger partial charge on any atom is -0.457 e. The van der Waals surface area contributed by atoms with Crippen molar-refractivity contribution in [2.45, 2.75) is 0 Å². The molecule has 5 nitrogen and oxygen atoms in total. The molecule has 0 bridgehead atoms. The molecular formula is C16H11BrN2O3S. The number of rotatable bonds is 2. The molecule has 7 heteroatoms. The summed E-state index contributed by atoms with van der Waals surface area (Å²) in [5, 5.41) is 2.55. The van der Waals surface area contributed by atoms with Crippen LogP contribution in [-0.4, -0.2) is 28.9 Å². The van der Waals surface area contributed by atoms with Gasteiger partial charge in [-0.1, -0.05) is 28.1 Å². The molecule has 1 aliphatic heterocycles. The van der Waals surface area contributed by atoms with Gasteiger partial charge in [0.1, 0.15) is 17.1 Å². The lowest BCUT2D eigenvalue weighted by atomic mass is 10.1. The summed E-state index contributed by atoms with van der Waals surface area (Å²) in [5.41, 5.74) is 0.873. The smallest absolute Gasteiger partial charge is 0.265 e. The molecule has 0 unspecified atom stereocenters. The van der Waals surface area contributed by atoms with Crippen LogP contribution in [0.1, 0.15) is 5.76 Å². The molecule has 2 heterocycles. The van der Waals surface area contributed by atoms with E-state index in [0.29, 0.717) is 11.5 Å². The first-order valence-electron chi connectivity index (χ1n) is 6.66. The van der Waals surface area contributed by atoms with E-state index in [9.17, 15) is 9.59 Å². The highest BCUT2D eigenvalue weighted by molar-refractivity contribution is 9.10. The molecule has 0 spiro atoms. The molecule has 1 aromatic carbocycles. The predicted molar refractivity (Wildman–Crippen MR) is 93.3 cm³/mol. The van der Waals surface area contributed by atoms with Crippen LogP contribution in [0.2, 0.25) is 0 Å². The molecule has 0 radical (unpaired) electrons. The van der Waals surface area contributed by atoms with Crippen molar-refractivity contribution < 1.29 is 14.0 Å². The summed E-state index contributed by atoms with van der Waals surface area (Å²) in [7, 11) is 1.51. The standard InChI is InChI=1S/C16H11BrN2O3S/c1-19-15(21)12(14(20)18-16(19)23)8-11-5-6-13(22-11)9-3-2-4-10(17)7-9/h2-8H,1H3,(H,18,20,23)/b12-8+. The van der Waals surface area contributed by atoms with Gasteiger partial charge in [0.25, 0.3) is 11.8 Å². The Labute approximate surface area is 146 Å². The van der Waals surface area contributed by atoms with Crippen molar-refractivity contribution in [3.05, 3.63) is 52.2 Å². The number of hydrogen-bond acceptors (Lipinski definition) is 4. The predicted octanol–water partition coefficient (Wildman–Crippen LogP) is 2.97. The first-order chi connectivity index (χ1) is 11.0. The fourth-order valence-electron chi connectivity index (χ4n) is 2.12. The number of halogens is 1. The monoisotopic (exact) mass is 390 g/mol. The Hall–Kier alpha value is -2.25. The topological polar surface area (TPSA) is 62.6 Å². The average molecular weight is 391 g/mol. The van der Waals surface area contributed by atoms with Crippen LogP contribution >= 0.6 is 28.1 Å². The Morgan fingerprint density at radius 3 is 2.78 bits per heavy atom. The number of thiocarbonyl (C=S) groups is 1. The zero-order valence-electron chi connectivity index (χ0n) is 12.0. The quantitative estimate of drug-likeness (QED) is 0.486. The second-order valence-corrected chi connectivity index (χ2v) is 6.20. The van der Waals surface area contributed by atoms with Crippen molar-refractivity contribution >= 4 is 51.2 Å². The second kappa shape index (κ2) is 6.10. The van der Waals surface area contributed by atoms with Gasteiger partial charge in [-0.2, -0.15) is 0 Å². The van der Waals surface area contributed by atoms with E-state index in [1.54, 1.807) is 12.1 Å². The fraction of sp³-hybridized carbons (Fsp3) is 0.0625. The number of benzene rings is 1. The highest BCUT2D eigenvalue weighted by atomic mass is 79.9. The third-order valence-corrected chi connectivity index (χ3v) is 4.20. The van der Waals surface area contributed by atoms with Crippen molar-refractivity contribution in [1.82, 2.24) is 10.2 Å². The van der Waals surface area contributed by atoms with Gasteiger partial charge in [0, 0.05) is 17.1 Å². The third-order valence-electron chi connectivity index (χ3n) is 3.33. The molecular weight excluding hydrogens is 380 g/mol. The molecule has 1 fully saturated rings. The van der Waals surface area contributed by atoms with E-state index in [2.05, 4.69) is 21.2 Å². The van der Waals surface area contributed by atoms with Gasteiger partial charge in [-0.15, -0.1) is 0 Å². The highest BCUT2D eigenvalue weighted by Gasteiger charge is 2.31. The number of furan rings is 1. The van der Waals surface area contributed by atoms with Crippen molar-refractivity contribution in [2.75, 3.05) is 7.05 Å². The molecule has 3 rings (SSSR count). The summed E-state index contributed by atoms with van der Waals surface area (Å²) in [6.07, 6.45) is 1.41. The van der Waals surface area contributed by atoms with E-state index in [-0.39, 0.29) is 10.7 Å². The normalized spacial score (nSPS) is 16.9. The van der Waals surface area contributed by atoms with Crippen LogP contribution in [0.4, 0.5) is 0 Å². The number of amides is 2. The van der Waals surface area contributed by atoms with Gasteiger partial charge in [0.2, 0.25) is 0 Å². The third kappa shape index (κ3) is 3.11. The van der Waals surface area contributed by atoms with Gasteiger partial charge < -0.3 is 4.42 Å². The molecule has 0 saturated carbocycles. The number of nitrogens with zero attached hydrogens (tertiary/aromatic N) is 1. The van der Waals surface area contributed by atoms with Gasteiger partial charge in [0.15, 0.2) is 5.11 Å². The molecule has 2 aromatic rings. The molecule has 23 heavy (non-hydrogen) atoms. The van der Waals surface area contributed by atoms with Crippen LogP contribution < -0.4 is 5.32 Å². The molecule has 2 amide bonds. The largest absolute Gasteiger partial charge is 0.457 e. The van der Waals surface area contributed by atoms with E-state index in [1.807, 2.05) is 24.3 Å². The second-order valence-electron chi connectivity index (χ2n) is 4.89. The number of carbonyl (C=O) groups is 2. The molecule has 1 N–H and O–H groups in total. The average Bonchev–Trinajstić information content (AvgIpc) is 2.98. The van der Waals surface area contributed by atoms with Crippen molar-refractivity contribution in [3.63, 3.8) is 0 Å². The lowest BCUT2D eigenvalue weighted by Gasteiger charge is -2.24. The lowest BCUT2D eigenvalue weighted by molar-refractivity contribution is -0.128. The van der Waals surface area contributed by atoms with Crippen LogP contribution in [0.25, 0.3) is 17.4 Å². The van der Waals surface area contributed by atoms with E-state index in [4.69, 9.17) is 16.6 Å². The van der Waals surface area contributed by atoms with Crippen LogP contribution in [0.5, 0.6) is 0 Å². The maximum absolute atomic E-state index is 12.1. The van der Waals surface area contributed by atoms with Crippen LogP contribution in [-0.2, 0) is 9.59 Å². The van der Waals surface area contributed by atoms with Crippen LogP contribution in [0, 0.1) is 0 Å². The molecule has 1 aliphatic rings. The Balaban J connectivity index is 1.93. The number of carbonyl (C=O) groups excluding carboxylic acids is 2. The lowest BCUT2D eigenvalue weighted by Crippen LogP contribution is -2.52. The van der Waals surface area contributed by atoms with Crippen LogP contribution in [0.15, 0.2) is 50.9 Å². The SMILES string of the molecule is CN1C(=O)/C(=C/c2ccc(-c3cccc(Br)c3)o2)C(=O)NC1=S. The summed E-state index contributed by atoms with van der Waals surface area (Å²) in [6, 6.07) is 11.1. The van der Waals surface area contributed by atoms with Crippen molar-refractivity contribution in [1.29, 1.82) is 0 Å². The Bertz CT molecular complexity index is 857. The number of hydrogen-bond donors (Lipinski definition) is 1. The maximum Gasteiger partial charge on any atom is 0.265 e. The highest BCUT2D eigenvalue weighted by Crippen LogP contribution is 2.26. The van der Waals surface area contributed by atoms with Gasteiger partial charge in [-0.25, -0.2) is 0 Å². The fourth-order valence-corrected chi connectivity index (χ4v) is 2.69. The molecule has 0 aliphatic carbocycles. The Morgan fingerprint density at radius 2 is 2.04 bits per heavy atom. The zero-order chi connectivity index (χ0) is 16.6. The first kappa shape index (κ1) is 15.6. The van der Waals surface area contributed by atoms with Crippen molar-refractivity contribution in [3.8, 4) is 11.3 Å². The summed E-state index contributed by atoms with van der Waals surface area (Å²) in [6.45, 7) is 0.